The molecule has 0 aliphatic heterocycles. The molecule has 1 N–H and O–H groups in total. The Hall–Kier alpha value is -1.81. The molecule has 0 saturated heterocycles. The van der Waals surface area contributed by atoms with Crippen molar-refractivity contribution in [2.75, 3.05) is 5.32 Å². The van der Waals surface area contributed by atoms with Crippen LogP contribution < -0.4 is 5.32 Å². The SMILES string of the molecule is Cn1nc(CNc2ccc(Br)cc2)c2ccccc21. The highest BCUT2D eigenvalue weighted by Gasteiger charge is 2.07. The Morgan fingerprint density at radius 3 is 2.63 bits per heavy atom. The van der Waals surface area contributed by atoms with Crippen LogP contribution in [-0.2, 0) is 13.6 Å². The minimum absolute atomic E-state index is 0.725. The first kappa shape index (κ1) is 12.2. The fourth-order valence-electron chi connectivity index (χ4n) is 2.17. The molecule has 0 bridgehead atoms. The van der Waals surface area contributed by atoms with Crippen molar-refractivity contribution < 1.29 is 0 Å². The molecule has 1 aromatic heterocycles. The van der Waals surface area contributed by atoms with Gasteiger partial charge in [0.25, 0.3) is 0 Å². The summed E-state index contributed by atoms with van der Waals surface area (Å²) in [4.78, 5) is 0. The van der Waals surface area contributed by atoms with Crippen LogP contribution in [0.25, 0.3) is 10.9 Å². The summed E-state index contributed by atoms with van der Waals surface area (Å²) in [5.41, 5.74) is 3.33. The maximum Gasteiger partial charge on any atom is 0.0894 e. The van der Waals surface area contributed by atoms with Crippen LogP contribution in [0, 0.1) is 0 Å². The zero-order valence-corrected chi connectivity index (χ0v) is 12.2. The van der Waals surface area contributed by atoms with Crippen molar-refractivity contribution in [3.05, 3.63) is 58.7 Å². The molecular weight excluding hydrogens is 302 g/mol. The molecule has 0 aliphatic rings. The number of rotatable bonds is 3. The molecule has 96 valence electrons. The number of para-hydroxylation sites is 1. The third-order valence-corrected chi connectivity index (χ3v) is 3.67. The van der Waals surface area contributed by atoms with Crippen molar-refractivity contribution in [2.45, 2.75) is 6.54 Å². The lowest BCUT2D eigenvalue weighted by Gasteiger charge is -2.04. The topological polar surface area (TPSA) is 29.9 Å². The number of nitrogens with one attached hydrogen (secondary N) is 1. The van der Waals surface area contributed by atoms with Gasteiger partial charge < -0.3 is 5.32 Å². The van der Waals surface area contributed by atoms with Crippen molar-refractivity contribution in [3.8, 4) is 0 Å². The van der Waals surface area contributed by atoms with E-state index in [-0.39, 0.29) is 0 Å². The number of hydrogen-bond donors (Lipinski definition) is 1. The molecule has 3 rings (SSSR count). The number of benzene rings is 2. The van der Waals surface area contributed by atoms with Crippen LogP contribution in [0.4, 0.5) is 5.69 Å². The van der Waals surface area contributed by atoms with Gasteiger partial charge in [0.2, 0.25) is 0 Å². The molecule has 19 heavy (non-hydrogen) atoms. The van der Waals surface area contributed by atoms with Gasteiger partial charge in [-0.25, -0.2) is 0 Å². The van der Waals surface area contributed by atoms with E-state index in [1.807, 2.05) is 36.0 Å². The van der Waals surface area contributed by atoms with Crippen LogP contribution in [0.5, 0.6) is 0 Å². The second-order valence-corrected chi connectivity index (χ2v) is 5.36. The quantitative estimate of drug-likeness (QED) is 0.793. The monoisotopic (exact) mass is 315 g/mol. The number of nitrogens with zero attached hydrogens (tertiary/aromatic N) is 2. The van der Waals surface area contributed by atoms with Gasteiger partial charge in [-0.1, -0.05) is 34.1 Å². The Balaban J connectivity index is 1.84. The molecular formula is C15H14BrN3. The van der Waals surface area contributed by atoms with Gasteiger partial charge in [0.15, 0.2) is 0 Å². The average Bonchev–Trinajstić information content (AvgIpc) is 2.76. The van der Waals surface area contributed by atoms with Gasteiger partial charge in [-0.2, -0.15) is 5.10 Å². The molecule has 0 amide bonds. The van der Waals surface area contributed by atoms with E-state index < -0.39 is 0 Å². The normalized spacial score (nSPS) is 10.8. The van der Waals surface area contributed by atoms with Gasteiger partial charge in [0, 0.05) is 22.6 Å². The summed E-state index contributed by atoms with van der Waals surface area (Å²) in [5, 5.41) is 9.17. The molecule has 3 nitrogen and oxygen atoms in total. The summed E-state index contributed by atoms with van der Waals surface area (Å²) >= 11 is 3.43. The maximum absolute atomic E-state index is 4.57. The Morgan fingerprint density at radius 2 is 1.84 bits per heavy atom. The third-order valence-electron chi connectivity index (χ3n) is 3.14. The predicted octanol–water partition coefficient (Wildman–Crippen LogP) is 3.95. The number of fused-ring (bicyclic) bond motifs is 1. The lowest BCUT2D eigenvalue weighted by Crippen LogP contribution is -2.01. The molecule has 0 spiro atoms. The first-order valence-corrected chi connectivity index (χ1v) is 6.93. The summed E-state index contributed by atoms with van der Waals surface area (Å²) in [6.07, 6.45) is 0. The zero-order chi connectivity index (χ0) is 13.2. The van der Waals surface area contributed by atoms with E-state index in [1.54, 1.807) is 0 Å². The second kappa shape index (κ2) is 5.05. The molecule has 1 heterocycles. The average molecular weight is 316 g/mol. The van der Waals surface area contributed by atoms with Crippen molar-refractivity contribution >= 4 is 32.5 Å². The fraction of sp³-hybridized carbons (Fsp3) is 0.133. The Morgan fingerprint density at radius 1 is 1.11 bits per heavy atom. The first-order chi connectivity index (χ1) is 9.24. The maximum atomic E-state index is 4.57. The number of anilines is 1. The van der Waals surface area contributed by atoms with Crippen LogP contribution in [0.1, 0.15) is 5.69 Å². The Kier molecular flexibility index (Phi) is 3.25. The highest BCUT2D eigenvalue weighted by molar-refractivity contribution is 9.10. The fourth-order valence-corrected chi connectivity index (χ4v) is 2.44. The van der Waals surface area contributed by atoms with E-state index in [4.69, 9.17) is 0 Å². The lowest BCUT2D eigenvalue weighted by molar-refractivity contribution is 0.771. The highest BCUT2D eigenvalue weighted by Crippen LogP contribution is 2.19. The number of aryl methyl sites for hydroxylation is 1. The lowest BCUT2D eigenvalue weighted by atomic mass is 10.2. The number of hydrogen-bond acceptors (Lipinski definition) is 2. The molecule has 4 heteroatoms. The van der Waals surface area contributed by atoms with Crippen LogP contribution >= 0.6 is 15.9 Å². The summed E-state index contributed by atoms with van der Waals surface area (Å²) < 4.78 is 3.01. The minimum atomic E-state index is 0.725. The third kappa shape index (κ3) is 2.49. The van der Waals surface area contributed by atoms with E-state index in [0.29, 0.717) is 0 Å². The molecule has 0 saturated carbocycles. The zero-order valence-electron chi connectivity index (χ0n) is 10.6. The van der Waals surface area contributed by atoms with Crippen LogP contribution in [0.2, 0.25) is 0 Å². The van der Waals surface area contributed by atoms with E-state index in [2.05, 4.69) is 50.6 Å². The van der Waals surface area contributed by atoms with Gasteiger partial charge in [0.05, 0.1) is 17.8 Å². The molecule has 3 aromatic rings. The number of halogens is 1. The van der Waals surface area contributed by atoms with Gasteiger partial charge in [-0.15, -0.1) is 0 Å². The second-order valence-electron chi connectivity index (χ2n) is 4.45. The highest BCUT2D eigenvalue weighted by atomic mass is 79.9. The van der Waals surface area contributed by atoms with Gasteiger partial charge in [-0.05, 0) is 30.3 Å². The molecule has 2 aromatic carbocycles. The van der Waals surface area contributed by atoms with Crippen LogP contribution in [0.15, 0.2) is 53.0 Å². The molecule has 0 unspecified atom stereocenters. The summed E-state index contributed by atoms with van der Waals surface area (Å²) in [7, 11) is 1.98. The largest absolute Gasteiger partial charge is 0.379 e. The van der Waals surface area contributed by atoms with Gasteiger partial charge in [0.1, 0.15) is 0 Å². The standard InChI is InChI=1S/C15H14BrN3/c1-19-15-5-3-2-4-13(15)14(18-19)10-17-12-8-6-11(16)7-9-12/h2-9,17H,10H2,1H3. The smallest absolute Gasteiger partial charge is 0.0894 e. The van der Waals surface area contributed by atoms with Crippen molar-refractivity contribution in [1.29, 1.82) is 0 Å². The van der Waals surface area contributed by atoms with Crippen LogP contribution in [-0.4, -0.2) is 9.78 Å². The molecule has 0 fully saturated rings. The molecule has 0 aliphatic carbocycles. The predicted molar refractivity (Wildman–Crippen MR) is 82.2 cm³/mol. The summed E-state index contributed by atoms with van der Waals surface area (Å²) in [6.45, 7) is 0.725. The number of aromatic nitrogens is 2. The summed E-state index contributed by atoms with van der Waals surface area (Å²) in [6, 6.07) is 16.4. The van der Waals surface area contributed by atoms with E-state index >= 15 is 0 Å². The van der Waals surface area contributed by atoms with E-state index in [0.717, 1.165) is 27.9 Å². The van der Waals surface area contributed by atoms with Crippen molar-refractivity contribution in [1.82, 2.24) is 9.78 Å². The van der Waals surface area contributed by atoms with Gasteiger partial charge in [-0.3, -0.25) is 4.68 Å². The molecule has 0 radical (unpaired) electrons. The van der Waals surface area contributed by atoms with Crippen molar-refractivity contribution in [2.24, 2.45) is 7.05 Å². The molecule has 0 atom stereocenters. The van der Waals surface area contributed by atoms with E-state index in [1.165, 1.54) is 5.39 Å². The van der Waals surface area contributed by atoms with Crippen molar-refractivity contribution in [3.63, 3.8) is 0 Å². The minimum Gasteiger partial charge on any atom is -0.379 e. The van der Waals surface area contributed by atoms with Crippen LogP contribution in [0.3, 0.4) is 0 Å². The van der Waals surface area contributed by atoms with Gasteiger partial charge >= 0.3 is 0 Å². The summed E-state index contributed by atoms with van der Waals surface area (Å²) in [5.74, 6) is 0. The Labute approximate surface area is 120 Å². The van der Waals surface area contributed by atoms with E-state index in [9.17, 15) is 0 Å². The first-order valence-electron chi connectivity index (χ1n) is 6.14. The Bertz CT molecular complexity index is 701.